The third-order valence-corrected chi connectivity index (χ3v) is 7.18. The summed E-state index contributed by atoms with van der Waals surface area (Å²) in [6.07, 6.45) is 0.640. The van der Waals surface area contributed by atoms with E-state index in [9.17, 15) is 48.0 Å². The fourth-order valence-electron chi connectivity index (χ4n) is 3.11. The highest BCUT2D eigenvalue weighted by Gasteiger charge is 2.49. The molecule has 1 aromatic heterocycles. The Balaban J connectivity index is 2.42. The molecule has 0 fully saturated rings. The van der Waals surface area contributed by atoms with Crippen LogP contribution in [0.25, 0.3) is 22.3 Å². The van der Waals surface area contributed by atoms with Crippen molar-refractivity contribution in [3.05, 3.63) is 47.8 Å². The number of halogens is 4. The molecule has 202 valence electrons. The lowest BCUT2D eigenvalue weighted by Crippen LogP contribution is -2.33. The van der Waals surface area contributed by atoms with Crippen LogP contribution in [0, 0.1) is 5.82 Å². The highest BCUT2D eigenvalue weighted by atomic mass is 32.2. The van der Waals surface area contributed by atoms with Gasteiger partial charge in [0, 0.05) is 30.3 Å². The number of furan rings is 1. The van der Waals surface area contributed by atoms with Crippen LogP contribution in [0.1, 0.15) is 10.4 Å². The number of carbonyl (C=O) groups excluding carboxylic acids is 1. The second-order valence-electron chi connectivity index (χ2n) is 7.36. The Morgan fingerprint density at radius 3 is 2.24 bits per heavy atom. The Labute approximate surface area is 209 Å². The Hall–Kier alpha value is -3.22. The van der Waals surface area contributed by atoms with Crippen molar-refractivity contribution in [2.24, 2.45) is 0 Å². The third-order valence-electron chi connectivity index (χ3n) is 4.62. The summed E-state index contributed by atoms with van der Waals surface area (Å²) in [5.41, 5.74) is -7.37. The standard InChI is InChI=1S/C19H16F4N2O9S3/c1-24-18(26)16-12-7-15(34-37(31,32)19(21,22)23)13(25(35(27)28)9-36(2,29)30)8-14(12)33-17(16)10-3-5-11(20)6-4-10/h3-8H,9H2,1-2H3,(H,24,26)(H,27,28). The SMILES string of the molecule is CNC(=O)c1c(-c2ccc(F)cc2)oc2cc(N(CS(C)(=O)=O)S(=O)O)c(OS(=O)(=O)C(F)(F)F)cc12. The average molecular weight is 589 g/mol. The number of alkyl halides is 3. The van der Waals surface area contributed by atoms with Crippen LogP contribution in [0.2, 0.25) is 0 Å². The number of amides is 1. The fourth-order valence-corrected chi connectivity index (χ4v) is 5.38. The molecule has 3 aromatic rings. The maximum Gasteiger partial charge on any atom is 0.534 e. The first-order valence-electron chi connectivity index (χ1n) is 9.60. The van der Waals surface area contributed by atoms with E-state index in [1.807, 2.05) is 0 Å². The van der Waals surface area contributed by atoms with Crippen molar-refractivity contribution >= 4 is 53.8 Å². The zero-order valence-electron chi connectivity index (χ0n) is 18.6. The molecule has 0 saturated carbocycles. The molecule has 0 aliphatic heterocycles. The smallest absolute Gasteiger partial charge is 0.455 e. The van der Waals surface area contributed by atoms with Gasteiger partial charge in [-0.25, -0.2) is 21.3 Å². The molecule has 0 bridgehead atoms. The summed E-state index contributed by atoms with van der Waals surface area (Å²) in [7, 11) is -9.27. The maximum atomic E-state index is 13.4. The molecule has 11 nitrogen and oxygen atoms in total. The van der Waals surface area contributed by atoms with Crippen LogP contribution in [0.4, 0.5) is 23.2 Å². The fraction of sp³-hybridized carbons (Fsp3) is 0.211. The molecule has 1 atom stereocenters. The first-order valence-corrected chi connectivity index (χ1v) is 14.1. The molecule has 1 amide bonds. The monoisotopic (exact) mass is 588 g/mol. The van der Waals surface area contributed by atoms with Crippen molar-refractivity contribution in [2.45, 2.75) is 5.51 Å². The predicted octanol–water partition coefficient (Wildman–Crippen LogP) is 2.77. The van der Waals surface area contributed by atoms with Crippen LogP contribution in [0.15, 0.2) is 40.8 Å². The molecule has 37 heavy (non-hydrogen) atoms. The van der Waals surface area contributed by atoms with Gasteiger partial charge in [0.25, 0.3) is 17.2 Å². The number of nitrogens with zero attached hydrogens (tertiary/aromatic N) is 1. The van der Waals surface area contributed by atoms with Gasteiger partial charge in [0.2, 0.25) is 0 Å². The number of hydrogen-bond acceptors (Lipinski definition) is 8. The minimum atomic E-state index is -6.36. The van der Waals surface area contributed by atoms with Gasteiger partial charge in [0.05, 0.1) is 5.56 Å². The highest BCUT2D eigenvalue weighted by Crippen LogP contribution is 2.42. The third kappa shape index (κ3) is 6.03. The summed E-state index contributed by atoms with van der Waals surface area (Å²) in [4.78, 5) is 12.7. The van der Waals surface area contributed by atoms with E-state index in [4.69, 9.17) is 4.42 Å². The van der Waals surface area contributed by atoms with Crippen molar-refractivity contribution in [1.29, 1.82) is 0 Å². The van der Waals surface area contributed by atoms with E-state index in [1.54, 1.807) is 0 Å². The van der Waals surface area contributed by atoms with E-state index in [0.29, 0.717) is 12.3 Å². The molecule has 1 unspecified atom stereocenters. The lowest BCUT2D eigenvalue weighted by molar-refractivity contribution is -0.0499. The van der Waals surface area contributed by atoms with Gasteiger partial charge in [-0.1, -0.05) is 0 Å². The Morgan fingerprint density at radius 2 is 1.76 bits per heavy atom. The van der Waals surface area contributed by atoms with Crippen LogP contribution >= 0.6 is 0 Å². The van der Waals surface area contributed by atoms with Gasteiger partial charge in [0.15, 0.2) is 15.6 Å². The lowest BCUT2D eigenvalue weighted by atomic mass is 10.0. The molecular weight excluding hydrogens is 572 g/mol. The number of nitrogens with one attached hydrogen (secondary N) is 1. The molecule has 0 aliphatic rings. The van der Waals surface area contributed by atoms with Gasteiger partial charge in [-0.15, -0.1) is 0 Å². The number of benzene rings is 2. The van der Waals surface area contributed by atoms with E-state index in [-0.39, 0.29) is 32.2 Å². The first-order chi connectivity index (χ1) is 16.9. The molecule has 1 heterocycles. The zero-order valence-corrected chi connectivity index (χ0v) is 21.0. The Kier molecular flexibility index (Phi) is 7.60. The summed E-state index contributed by atoms with van der Waals surface area (Å²) in [5, 5.41) is 1.96. The van der Waals surface area contributed by atoms with E-state index in [2.05, 4.69) is 9.50 Å². The zero-order chi connectivity index (χ0) is 27.9. The quantitative estimate of drug-likeness (QED) is 0.175. The molecule has 2 aromatic carbocycles. The topological polar surface area (TPSA) is 160 Å². The Morgan fingerprint density at radius 1 is 1.16 bits per heavy atom. The minimum absolute atomic E-state index is 0.127. The van der Waals surface area contributed by atoms with Crippen LogP contribution in [0.5, 0.6) is 5.75 Å². The van der Waals surface area contributed by atoms with Crippen molar-refractivity contribution in [2.75, 3.05) is 23.5 Å². The first kappa shape index (κ1) is 28.4. The van der Waals surface area contributed by atoms with Crippen LogP contribution in [-0.4, -0.2) is 56.2 Å². The number of carbonyl (C=O) groups is 1. The van der Waals surface area contributed by atoms with E-state index in [0.717, 1.165) is 18.2 Å². The molecule has 0 saturated heterocycles. The molecular formula is C19H16F4N2O9S3. The van der Waals surface area contributed by atoms with Crippen LogP contribution < -0.4 is 13.8 Å². The average Bonchev–Trinajstić information content (AvgIpc) is 3.13. The molecule has 0 spiro atoms. The van der Waals surface area contributed by atoms with Crippen LogP contribution in [0.3, 0.4) is 0 Å². The number of hydrogen-bond donors (Lipinski definition) is 2. The number of sulfone groups is 1. The number of rotatable bonds is 8. The summed E-state index contributed by atoms with van der Waals surface area (Å²) >= 11 is -3.22. The second-order valence-corrected chi connectivity index (χ2v) is 11.9. The van der Waals surface area contributed by atoms with Gasteiger partial charge < -0.3 is 13.9 Å². The van der Waals surface area contributed by atoms with Crippen molar-refractivity contribution in [3.8, 4) is 17.1 Å². The van der Waals surface area contributed by atoms with Gasteiger partial charge in [-0.3, -0.25) is 9.35 Å². The summed E-state index contributed by atoms with van der Waals surface area (Å²) in [5.74, 6) is -4.20. The van der Waals surface area contributed by atoms with Gasteiger partial charge in [-0.05, 0) is 30.3 Å². The molecule has 18 heteroatoms. The van der Waals surface area contributed by atoms with Gasteiger partial charge >= 0.3 is 15.6 Å². The largest absolute Gasteiger partial charge is 0.534 e. The Bertz CT molecular complexity index is 1600. The predicted molar refractivity (Wildman–Crippen MR) is 124 cm³/mol. The van der Waals surface area contributed by atoms with Gasteiger partial charge in [-0.2, -0.15) is 21.6 Å². The maximum absolute atomic E-state index is 13.4. The molecule has 3 rings (SSSR count). The summed E-state index contributed by atoms with van der Waals surface area (Å²) in [6, 6.07) is 5.81. The van der Waals surface area contributed by atoms with Crippen molar-refractivity contribution in [1.82, 2.24) is 5.32 Å². The summed E-state index contributed by atoms with van der Waals surface area (Å²) in [6.45, 7) is 0. The molecule has 0 radical (unpaired) electrons. The normalized spacial score (nSPS) is 13.4. The van der Waals surface area contributed by atoms with Gasteiger partial charge in [0.1, 0.15) is 28.7 Å². The minimum Gasteiger partial charge on any atom is -0.455 e. The van der Waals surface area contributed by atoms with E-state index in [1.165, 1.54) is 19.2 Å². The number of anilines is 1. The molecule has 2 N–H and O–H groups in total. The van der Waals surface area contributed by atoms with E-state index < -0.39 is 65.8 Å². The van der Waals surface area contributed by atoms with Crippen molar-refractivity contribution < 1.29 is 56.6 Å². The highest BCUT2D eigenvalue weighted by molar-refractivity contribution is 7.92. The second kappa shape index (κ2) is 9.92. The number of fused-ring (bicyclic) bond motifs is 1. The van der Waals surface area contributed by atoms with E-state index >= 15 is 0 Å². The summed E-state index contributed by atoms with van der Waals surface area (Å²) < 4.78 is 131. The lowest BCUT2D eigenvalue weighted by Gasteiger charge is -2.22. The molecule has 0 aliphatic carbocycles. The van der Waals surface area contributed by atoms with Crippen molar-refractivity contribution in [3.63, 3.8) is 0 Å². The van der Waals surface area contributed by atoms with Crippen LogP contribution in [-0.2, 0) is 31.2 Å².